The maximum atomic E-state index is 5.53. The van der Waals surface area contributed by atoms with Crippen LogP contribution in [-0.4, -0.2) is 21.5 Å². The van der Waals surface area contributed by atoms with Crippen molar-refractivity contribution in [3.05, 3.63) is 48.7 Å². The molecule has 0 spiro atoms. The maximum Gasteiger partial charge on any atom is 0.0885 e. The number of fused-ring (bicyclic) bond motifs is 1. The van der Waals surface area contributed by atoms with Crippen molar-refractivity contribution < 1.29 is 0 Å². The molecule has 0 atom stereocenters. The van der Waals surface area contributed by atoms with Gasteiger partial charge in [0.2, 0.25) is 0 Å². The molecule has 20 heavy (non-hydrogen) atoms. The van der Waals surface area contributed by atoms with Crippen molar-refractivity contribution in [3.8, 4) is 11.3 Å². The van der Waals surface area contributed by atoms with Gasteiger partial charge in [-0.15, -0.1) is 5.10 Å². The van der Waals surface area contributed by atoms with E-state index in [1.165, 1.54) is 10.8 Å². The number of aromatic nitrogens is 3. The summed E-state index contributed by atoms with van der Waals surface area (Å²) in [6.45, 7) is 1.58. The Morgan fingerprint density at radius 3 is 2.70 bits per heavy atom. The molecule has 0 amide bonds. The van der Waals surface area contributed by atoms with Gasteiger partial charge in [-0.3, -0.25) is 0 Å². The molecule has 0 saturated carbocycles. The molecule has 0 aliphatic rings. The van der Waals surface area contributed by atoms with E-state index in [4.69, 9.17) is 5.73 Å². The Morgan fingerprint density at radius 1 is 1.00 bits per heavy atom. The van der Waals surface area contributed by atoms with Crippen LogP contribution in [0.1, 0.15) is 12.8 Å². The van der Waals surface area contributed by atoms with Gasteiger partial charge in [-0.05, 0) is 36.2 Å². The van der Waals surface area contributed by atoms with Crippen molar-refractivity contribution in [1.29, 1.82) is 0 Å². The molecule has 2 N–H and O–H groups in total. The SMILES string of the molecule is NCCCCn1nncc1-c1ccc2ccccc2c1. The fourth-order valence-electron chi connectivity index (χ4n) is 2.40. The lowest BCUT2D eigenvalue weighted by molar-refractivity contribution is 0.549. The number of nitrogens with two attached hydrogens (primary N) is 1. The summed E-state index contributed by atoms with van der Waals surface area (Å²) < 4.78 is 1.96. The Hall–Kier alpha value is -2.20. The highest BCUT2D eigenvalue weighted by molar-refractivity contribution is 5.86. The van der Waals surface area contributed by atoms with Crippen molar-refractivity contribution in [2.24, 2.45) is 5.73 Å². The molecule has 3 rings (SSSR count). The second kappa shape index (κ2) is 5.84. The van der Waals surface area contributed by atoms with Crippen molar-refractivity contribution in [2.45, 2.75) is 19.4 Å². The molecule has 0 saturated heterocycles. The molecule has 0 unspecified atom stereocenters. The minimum atomic E-state index is 0.722. The predicted molar refractivity (Wildman–Crippen MR) is 81.3 cm³/mol. The summed E-state index contributed by atoms with van der Waals surface area (Å²) >= 11 is 0. The van der Waals surface area contributed by atoms with Crippen LogP contribution in [0.4, 0.5) is 0 Å². The average molecular weight is 266 g/mol. The lowest BCUT2D eigenvalue weighted by atomic mass is 10.1. The van der Waals surface area contributed by atoms with E-state index in [0.717, 1.165) is 37.2 Å². The first kappa shape index (κ1) is 12.8. The lowest BCUT2D eigenvalue weighted by Crippen LogP contribution is -2.05. The number of hydrogen-bond donors (Lipinski definition) is 1. The van der Waals surface area contributed by atoms with Gasteiger partial charge >= 0.3 is 0 Å². The number of aryl methyl sites for hydroxylation is 1. The molecule has 0 radical (unpaired) electrons. The number of unbranched alkanes of at least 4 members (excludes halogenated alkanes) is 1. The van der Waals surface area contributed by atoms with Crippen LogP contribution in [0.5, 0.6) is 0 Å². The summed E-state index contributed by atoms with van der Waals surface area (Å²) in [4.78, 5) is 0. The van der Waals surface area contributed by atoms with Gasteiger partial charge in [-0.2, -0.15) is 0 Å². The summed E-state index contributed by atoms with van der Waals surface area (Å²) in [6.07, 6.45) is 3.87. The van der Waals surface area contributed by atoms with E-state index in [-0.39, 0.29) is 0 Å². The molecule has 1 aromatic heterocycles. The Bertz CT molecular complexity index is 702. The highest BCUT2D eigenvalue weighted by Crippen LogP contribution is 2.23. The summed E-state index contributed by atoms with van der Waals surface area (Å²) in [5.74, 6) is 0. The molecule has 3 aromatic rings. The molecule has 0 fully saturated rings. The van der Waals surface area contributed by atoms with Gasteiger partial charge in [0.25, 0.3) is 0 Å². The van der Waals surface area contributed by atoms with Gasteiger partial charge in [-0.25, -0.2) is 4.68 Å². The molecule has 0 aliphatic heterocycles. The first-order valence-corrected chi connectivity index (χ1v) is 6.96. The topological polar surface area (TPSA) is 56.7 Å². The van der Waals surface area contributed by atoms with Gasteiger partial charge < -0.3 is 5.73 Å². The number of benzene rings is 2. The van der Waals surface area contributed by atoms with Gasteiger partial charge in [-0.1, -0.05) is 41.6 Å². The Labute approximate surface area is 118 Å². The van der Waals surface area contributed by atoms with Crippen molar-refractivity contribution in [3.63, 3.8) is 0 Å². The van der Waals surface area contributed by atoms with E-state index in [9.17, 15) is 0 Å². The fraction of sp³-hybridized carbons (Fsp3) is 0.250. The smallest absolute Gasteiger partial charge is 0.0885 e. The third kappa shape index (κ3) is 2.56. The first-order chi connectivity index (χ1) is 9.88. The number of rotatable bonds is 5. The van der Waals surface area contributed by atoms with E-state index in [1.807, 2.05) is 10.9 Å². The summed E-state index contributed by atoms with van der Waals surface area (Å²) in [5, 5.41) is 10.7. The second-order valence-electron chi connectivity index (χ2n) is 4.90. The van der Waals surface area contributed by atoms with Crippen LogP contribution in [0.3, 0.4) is 0 Å². The van der Waals surface area contributed by atoms with Crippen molar-refractivity contribution in [1.82, 2.24) is 15.0 Å². The van der Waals surface area contributed by atoms with Crippen molar-refractivity contribution in [2.75, 3.05) is 6.54 Å². The largest absolute Gasteiger partial charge is 0.330 e. The zero-order valence-electron chi connectivity index (χ0n) is 11.4. The van der Waals surface area contributed by atoms with E-state index in [2.05, 4.69) is 52.8 Å². The molecule has 102 valence electrons. The summed E-state index contributed by atoms with van der Waals surface area (Å²) in [6, 6.07) is 14.8. The molecule has 0 aliphatic carbocycles. The minimum Gasteiger partial charge on any atom is -0.330 e. The Morgan fingerprint density at radius 2 is 1.85 bits per heavy atom. The highest BCUT2D eigenvalue weighted by atomic mass is 15.4. The predicted octanol–water partition coefficient (Wildman–Crippen LogP) is 2.84. The van der Waals surface area contributed by atoms with Gasteiger partial charge in [0, 0.05) is 12.1 Å². The van der Waals surface area contributed by atoms with Crippen LogP contribution in [0.2, 0.25) is 0 Å². The average Bonchev–Trinajstić information content (AvgIpc) is 2.95. The quantitative estimate of drug-likeness (QED) is 0.722. The number of hydrogen-bond acceptors (Lipinski definition) is 3. The zero-order valence-corrected chi connectivity index (χ0v) is 11.4. The second-order valence-corrected chi connectivity index (χ2v) is 4.90. The normalized spacial score (nSPS) is 11.1. The van der Waals surface area contributed by atoms with Crippen LogP contribution in [0.15, 0.2) is 48.7 Å². The van der Waals surface area contributed by atoms with Crippen LogP contribution < -0.4 is 5.73 Å². The van der Waals surface area contributed by atoms with Gasteiger partial charge in [0.15, 0.2) is 0 Å². The first-order valence-electron chi connectivity index (χ1n) is 6.96. The van der Waals surface area contributed by atoms with E-state index >= 15 is 0 Å². The molecule has 2 aromatic carbocycles. The van der Waals surface area contributed by atoms with Crippen LogP contribution in [-0.2, 0) is 6.54 Å². The summed E-state index contributed by atoms with van der Waals surface area (Å²) in [5.41, 5.74) is 7.75. The lowest BCUT2D eigenvalue weighted by Gasteiger charge is -2.07. The number of nitrogens with zero attached hydrogens (tertiary/aromatic N) is 3. The maximum absolute atomic E-state index is 5.53. The van der Waals surface area contributed by atoms with Gasteiger partial charge in [0.05, 0.1) is 11.9 Å². The standard InChI is InChI=1S/C16H18N4/c17-9-3-4-10-20-16(12-18-19-20)15-8-7-13-5-1-2-6-14(13)11-15/h1-2,5-8,11-12H,3-4,9-10,17H2. The molecular formula is C16H18N4. The molecule has 1 heterocycles. The highest BCUT2D eigenvalue weighted by Gasteiger charge is 2.07. The third-order valence-electron chi connectivity index (χ3n) is 3.49. The van der Waals surface area contributed by atoms with Gasteiger partial charge in [0.1, 0.15) is 0 Å². The Kier molecular flexibility index (Phi) is 3.74. The van der Waals surface area contributed by atoms with Crippen LogP contribution >= 0.6 is 0 Å². The summed E-state index contributed by atoms with van der Waals surface area (Å²) in [7, 11) is 0. The van der Waals surface area contributed by atoms with Crippen LogP contribution in [0, 0.1) is 0 Å². The monoisotopic (exact) mass is 266 g/mol. The van der Waals surface area contributed by atoms with E-state index < -0.39 is 0 Å². The molecule has 0 bridgehead atoms. The van der Waals surface area contributed by atoms with Crippen molar-refractivity contribution >= 4 is 10.8 Å². The minimum absolute atomic E-state index is 0.722. The van der Waals surface area contributed by atoms with Crippen LogP contribution in [0.25, 0.3) is 22.0 Å². The molecular weight excluding hydrogens is 248 g/mol. The van der Waals surface area contributed by atoms with E-state index in [0.29, 0.717) is 0 Å². The Balaban J connectivity index is 1.92. The third-order valence-corrected chi connectivity index (χ3v) is 3.49. The zero-order chi connectivity index (χ0) is 13.8. The molecule has 4 nitrogen and oxygen atoms in total. The fourth-order valence-corrected chi connectivity index (χ4v) is 2.40. The molecule has 4 heteroatoms. The van der Waals surface area contributed by atoms with E-state index in [1.54, 1.807) is 0 Å².